The number of carbonyl (C=O) groups is 1. The van der Waals surface area contributed by atoms with E-state index in [1.54, 1.807) is 0 Å². The van der Waals surface area contributed by atoms with Crippen LogP contribution in [0.5, 0.6) is 0 Å². The molecule has 0 bridgehead atoms. The number of nitrogens with zero attached hydrogens (tertiary/aromatic N) is 1. The van der Waals surface area contributed by atoms with Gasteiger partial charge in [-0.2, -0.15) is 0 Å². The molecule has 24 heavy (non-hydrogen) atoms. The largest absolute Gasteiger partial charge is 0.381 e. The third-order valence-corrected chi connectivity index (χ3v) is 4.47. The summed E-state index contributed by atoms with van der Waals surface area (Å²) in [5, 5.41) is 6.57. The number of hydrogen-bond donors (Lipinski definition) is 3. The smallest absolute Gasteiger partial charge is 0.228 e. The van der Waals surface area contributed by atoms with E-state index in [9.17, 15) is 4.79 Å². The van der Waals surface area contributed by atoms with E-state index in [2.05, 4.69) is 22.6 Å². The number of anilines is 2. The predicted octanol–water partition coefficient (Wildman–Crippen LogP) is 2.96. The van der Waals surface area contributed by atoms with Crippen molar-refractivity contribution in [3.8, 4) is 0 Å². The monoisotopic (exact) mass is 376 g/mol. The fourth-order valence-electron chi connectivity index (χ4n) is 2.58. The quantitative estimate of drug-likeness (QED) is 0.738. The van der Waals surface area contributed by atoms with Gasteiger partial charge in [-0.25, -0.2) is 0 Å². The summed E-state index contributed by atoms with van der Waals surface area (Å²) < 4.78 is 0. The van der Waals surface area contributed by atoms with Crippen LogP contribution in [0, 0.1) is 5.92 Å². The molecule has 2 atom stereocenters. The van der Waals surface area contributed by atoms with Gasteiger partial charge in [-0.1, -0.05) is 19.1 Å². The standard InChI is InChI=1S/C17H28N4O.2ClH/c1-12(13(2)18)17(22)20-16-7-5-4-6-15(16)19-14-8-10-21(3)11-9-14;;/h4-7,12-14,19H,8-11,18H2,1-3H3,(H,20,22);2*1H. The maximum atomic E-state index is 12.2. The number of likely N-dealkylation sites (tertiary alicyclic amines) is 1. The first-order chi connectivity index (χ1) is 10.5. The number of rotatable bonds is 5. The average molecular weight is 377 g/mol. The highest BCUT2D eigenvalue weighted by atomic mass is 35.5. The minimum Gasteiger partial charge on any atom is -0.381 e. The zero-order chi connectivity index (χ0) is 16.1. The van der Waals surface area contributed by atoms with Crippen LogP contribution in [-0.2, 0) is 4.79 Å². The maximum absolute atomic E-state index is 12.2. The molecule has 1 aromatic rings. The molecule has 1 fully saturated rings. The Morgan fingerprint density at radius 3 is 2.25 bits per heavy atom. The van der Waals surface area contributed by atoms with Gasteiger partial charge in [-0.05, 0) is 52.0 Å². The number of hydrogen-bond acceptors (Lipinski definition) is 4. The van der Waals surface area contributed by atoms with E-state index in [-0.39, 0.29) is 42.7 Å². The number of amides is 1. The fraction of sp³-hybridized carbons (Fsp3) is 0.588. The topological polar surface area (TPSA) is 70.4 Å². The van der Waals surface area contributed by atoms with Gasteiger partial charge in [0.05, 0.1) is 17.3 Å². The van der Waals surface area contributed by atoms with Crippen molar-refractivity contribution in [2.45, 2.75) is 38.8 Å². The second kappa shape index (κ2) is 10.8. The van der Waals surface area contributed by atoms with Crippen LogP contribution in [0.1, 0.15) is 26.7 Å². The van der Waals surface area contributed by atoms with E-state index in [0.717, 1.165) is 37.3 Å². The number of carbonyl (C=O) groups excluding carboxylic acids is 1. The first-order valence-electron chi connectivity index (χ1n) is 8.08. The van der Waals surface area contributed by atoms with Crippen LogP contribution in [0.2, 0.25) is 0 Å². The molecule has 138 valence electrons. The van der Waals surface area contributed by atoms with Crippen molar-refractivity contribution in [1.29, 1.82) is 0 Å². The molecule has 1 aliphatic rings. The molecule has 1 heterocycles. The number of nitrogens with one attached hydrogen (secondary N) is 2. The average Bonchev–Trinajstić information content (AvgIpc) is 2.50. The highest BCUT2D eigenvalue weighted by Gasteiger charge is 2.20. The molecule has 0 aromatic heterocycles. The fourth-order valence-corrected chi connectivity index (χ4v) is 2.58. The Bertz CT molecular complexity index is 505. The minimum absolute atomic E-state index is 0. The molecule has 1 aromatic carbocycles. The van der Waals surface area contributed by atoms with E-state index >= 15 is 0 Å². The molecule has 0 saturated carbocycles. The van der Waals surface area contributed by atoms with Crippen molar-refractivity contribution in [2.24, 2.45) is 11.7 Å². The first-order valence-corrected chi connectivity index (χ1v) is 8.08. The summed E-state index contributed by atoms with van der Waals surface area (Å²) in [7, 11) is 2.15. The Morgan fingerprint density at radius 1 is 1.17 bits per heavy atom. The molecule has 0 aliphatic carbocycles. The number of halogens is 2. The molecule has 2 rings (SSSR count). The van der Waals surface area contributed by atoms with Gasteiger partial charge in [-0.15, -0.1) is 24.8 Å². The normalized spacial score (nSPS) is 17.8. The van der Waals surface area contributed by atoms with Gasteiger partial charge in [0.25, 0.3) is 0 Å². The van der Waals surface area contributed by atoms with Gasteiger partial charge in [-0.3, -0.25) is 4.79 Å². The van der Waals surface area contributed by atoms with Crippen LogP contribution in [0.3, 0.4) is 0 Å². The number of para-hydroxylation sites is 2. The van der Waals surface area contributed by atoms with Crippen molar-refractivity contribution >= 4 is 42.1 Å². The lowest BCUT2D eigenvalue weighted by atomic mass is 10.0. The third kappa shape index (κ3) is 6.48. The first kappa shape index (κ1) is 23.0. The van der Waals surface area contributed by atoms with Gasteiger partial charge in [0, 0.05) is 12.1 Å². The van der Waals surface area contributed by atoms with E-state index in [4.69, 9.17) is 5.73 Å². The Kier molecular flexibility index (Phi) is 10.3. The molecule has 1 aliphatic heterocycles. The molecule has 5 nitrogen and oxygen atoms in total. The van der Waals surface area contributed by atoms with Crippen molar-refractivity contribution in [2.75, 3.05) is 30.8 Å². The molecule has 7 heteroatoms. The van der Waals surface area contributed by atoms with Crippen LogP contribution in [0.4, 0.5) is 11.4 Å². The highest BCUT2D eigenvalue weighted by Crippen LogP contribution is 2.25. The van der Waals surface area contributed by atoms with Gasteiger partial charge in [0.15, 0.2) is 0 Å². The molecule has 1 saturated heterocycles. The molecule has 2 unspecified atom stereocenters. The molecule has 0 spiro atoms. The van der Waals surface area contributed by atoms with Gasteiger partial charge in [0.1, 0.15) is 0 Å². The van der Waals surface area contributed by atoms with Gasteiger partial charge >= 0.3 is 0 Å². The summed E-state index contributed by atoms with van der Waals surface area (Å²) in [6.45, 7) is 5.92. The van der Waals surface area contributed by atoms with Crippen LogP contribution >= 0.6 is 24.8 Å². The van der Waals surface area contributed by atoms with Crippen LogP contribution < -0.4 is 16.4 Å². The Labute approximate surface area is 157 Å². The van der Waals surface area contributed by atoms with Crippen LogP contribution in [0.25, 0.3) is 0 Å². The number of piperidine rings is 1. The van der Waals surface area contributed by atoms with Crippen molar-refractivity contribution < 1.29 is 4.79 Å². The molecule has 1 amide bonds. The molecular weight excluding hydrogens is 347 g/mol. The Balaban J connectivity index is 0.00000264. The highest BCUT2D eigenvalue weighted by molar-refractivity contribution is 5.95. The zero-order valence-electron chi connectivity index (χ0n) is 14.6. The molecular formula is C17H30Cl2N4O. The lowest BCUT2D eigenvalue weighted by Crippen LogP contribution is -2.37. The maximum Gasteiger partial charge on any atom is 0.228 e. The number of nitrogens with two attached hydrogens (primary N) is 1. The summed E-state index contributed by atoms with van der Waals surface area (Å²) in [5.41, 5.74) is 7.63. The minimum atomic E-state index is -0.212. The summed E-state index contributed by atoms with van der Waals surface area (Å²) in [4.78, 5) is 14.6. The Morgan fingerprint density at radius 2 is 1.71 bits per heavy atom. The lowest BCUT2D eigenvalue weighted by Gasteiger charge is -2.30. The van der Waals surface area contributed by atoms with E-state index in [0.29, 0.717) is 6.04 Å². The Hall–Kier alpha value is -1.01. The summed E-state index contributed by atoms with van der Waals surface area (Å²) >= 11 is 0. The predicted molar refractivity (Wildman–Crippen MR) is 107 cm³/mol. The second-order valence-corrected chi connectivity index (χ2v) is 6.40. The molecule has 0 radical (unpaired) electrons. The van der Waals surface area contributed by atoms with E-state index in [1.165, 1.54) is 0 Å². The van der Waals surface area contributed by atoms with Crippen molar-refractivity contribution in [3.63, 3.8) is 0 Å². The zero-order valence-corrected chi connectivity index (χ0v) is 16.3. The van der Waals surface area contributed by atoms with Gasteiger partial charge < -0.3 is 21.3 Å². The summed E-state index contributed by atoms with van der Waals surface area (Å²) in [6, 6.07) is 8.18. The summed E-state index contributed by atoms with van der Waals surface area (Å²) in [5.74, 6) is -0.246. The lowest BCUT2D eigenvalue weighted by molar-refractivity contribution is -0.119. The third-order valence-electron chi connectivity index (χ3n) is 4.47. The van der Waals surface area contributed by atoms with Crippen molar-refractivity contribution in [3.05, 3.63) is 24.3 Å². The van der Waals surface area contributed by atoms with Crippen molar-refractivity contribution in [1.82, 2.24) is 4.90 Å². The van der Waals surface area contributed by atoms with Crippen LogP contribution in [-0.4, -0.2) is 43.0 Å². The van der Waals surface area contributed by atoms with Crippen LogP contribution in [0.15, 0.2) is 24.3 Å². The van der Waals surface area contributed by atoms with E-state index < -0.39 is 0 Å². The molecule has 4 N–H and O–H groups in total. The second-order valence-electron chi connectivity index (χ2n) is 6.40. The van der Waals surface area contributed by atoms with E-state index in [1.807, 2.05) is 38.1 Å². The number of benzene rings is 1. The summed E-state index contributed by atoms with van der Waals surface area (Å²) in [6.07, 6.45) is 2.24. The SMILES string of the molecule is CC(N)C(C)C(=O)Nc1ccccc1NC1CCN(C)CC1.Cl.Cl. The van der Waals surface area contributed by atoms with Gasteiger partial charge in [0.2, 0.25) is 5.91 Å².